The highest BCUT2D eigenvalue weighted by molar-refractivity contribution is 8.00. The van der Waals surface area contributed by atoms with Crippen LogP contribution in [0, 0.1) is 13.8 Å². The van der Waals surface area contributed by atoms with E-state index in [1.165, 1.54) is 0 Å². The topological polar surface area (TPSA) is 49.9 Å². The van der Waals surface area contributed by atoms with E-state index in [1.807, 2.05) is 11.0 Å². The number of ether oxygens (including phenoxy) is 1. The number of benzene rings is 1. The first kappa shape index (κ1) is 17.1. The van der Waals surface area contributed by atoms with Gasteiger partial charge in [0.2, 0.25) is 11.8 Å². The molecule has 2 aliphatic heterocycles. The van der Waals surface area contributed by atoms with Crippen molar-refractivity contribution >= 4 is 23.6 Å². The number of hydrogen-bond donors (Lipinski definition) is 0. The standard InChI is InChI=1S/C18H24N2O3S/c1-13-4-3-5-14(2)18(13)23-15-6-8-19(9-7-15)16(21)10-20-12-24-11-17(20)22/h3-5,15H,6-12H2,1-2H3. The molecule has 3 rings (SSSR count). The fourth-order valence-corrected chi connectivity index (χ4v) is 4.08. The van der Waals surface area contributed by atoms with E-state index >= 15 is 0 Å². The van der Waals surface area contributed by atoms with Crippen LogP contribution in [0.4, 0.5) is 0 Å². The van der Waals surface area contributed by atoms with Crippen molar-refractivity contribution in [2.45, 2.75) is 32.8 Å². The van der Waals surface area contributed by atoms with Gasteiger partial charge in [-0.3, -0.25) is 9.59 Å². The van der Waals surface area contributed by atoms with Crippen LogP contribution in [0.3, 0.4) is 0 Å². The van der Waals surface area contributed by atoms with Gasteiger partial charge in [0.05, 0.1) is 11.6 Å². The van der Waals surface area contributed by atoms with E-state index in [1.54, 1.807) is 16.7 Å². The minimum absolute atomic E-state index is 0.0522. The number of likely N-dealkylation sites (tertiary alicyclic amines) is 1. The van der Waals surface area contributed by atoms with E-state index in [0.717, 1.165) is 29.7 Å². The van der Waals surface area contributed by atoms with Gasteiger partial charge >= 0.3 is 0 Å². The summed E-state index contributed by atoms with van der Waals surface area (Å²) in [7, 11) is 0. The predicted molar refractivity (Wildman–Crippen MR) is 95.2 cm³/mol. The lowest BCUT2D eigenvalue weighted by Crippen LogP contribution is -2.46. The lowest BCUT2D eigenvalue weighted by molar-refractivity contribution is -0.139. The summed E-state index contributed by atoms with van der Waals surface area (Å²) in [6.45, 7) is 5.74. The maximum Gasteiger partial charge on any atom is 0.242 e. The SMILES string of the molecule is Cc1cccc(C)c1OC1CCN(C(=O)CN2CSCC2=O)CC1. The molecule has 0 N–H and O–H groups in total. The summed E-state index contributed by atoms with van der Waals surface area (Å²) < 4.78 is 6.19. The second kappa shape index (κ2) is 7.47. The average Bonchev–Trinajstić information content (AvgIpc) is 2.97. The summed E-state index contributed by atoms with van der Waals surface area (Å²) in [4.78, 5) is 27.5. The van der Waals surface area contributed by atoms with E-state index in [-0.39, 0.29) is 24.5 Å². The van der Waals surface area contributed by atoms with Crippen molar-refractivity contribution in [3.63, 3.8) is 0 Å². The molecule has 6 heteroatoms. The highest BCUT2D eigenvalue weighted by Gasteiger charge is 2.28. The molecule has 2 amide bonds. The molecule has 2 aliphatic rings. The van der Waals surface area contributed by atoms with Crippen molar-refractivity contribution in [2.24, 2.45) is 0 Å². The first-order valence-electron chi connectivity index (χ1n) is 8.41. The van der Waals surface area contributed by atoms with Crippen LogP contribution < -0.4 is 4.74 Å². The summed E-state index contributed by atoms with van der Waals surface area (Å²) >= 11 is 1.57. The summed E-state index contributed by atoms with van der Waals surface area (Å²) in [5.74, 6) is 2.23. The Morgan fingerprint density at radius 1 is 1.25 bits per heavy atom. The molecule has 2 fully saturated rings. The molecule has 2 heterocycles. The zero-order valence-electron chi connectivity index (χ0n) is 14.3. The van der Waals surface area contributed by atoms with Crippen LogP contribution in [0.25, 0.3) is 0 Å². The van der Waals surface area contributed by atoms with E-state index in [0.29, 0.717) is 24.7 Å². The Bertz CT molecular complexity index is 606. The van der Waals surface area contributed by atoms with Crippen LogP contribution in [0.2, 0.25) is 0 Å². The highest BCUT2D eigenvalue weighted by Crippen LogP contribution is 2.26. The fraction of sp³-hybridized carbons (Fsp3) is 0.556. The van der Waals surface area contributed by atoms with Crippen LogP contribution in [0.1, 0.15) is 24.0 Å². The lowest BCUT2D eigenvalue weighted by Gasteiger charge is -2.33. The first-order valence-corrected chi connectivity index (χ1v) is 9.56. The number of amides is 2. The number of nitrogens with zero attached hydrogens (tertiary/aromatic N) is 2. The number of carbonyl (C=O) groups excluding carboxylic acids is 2. The van der Waals surface area contributed by atoms with Gasteiger partial charge in [-0.05, 0) is 25.0 Å². The van der Waals surface area contributed by atoms with Crippen molar-refractivity contribution in [1.82, 2.24) is 9.80 Å². The minimum atomic E-state index is 0.0522. The summed E-state index contributed by atoms with van der Waals surface area (Å²) in [5, 5.41) is 0. The third-order valence-electron chi connectivity index (χ3n) is 4.64. The van der Waals surface area contributed by atoms with Crippen molar-refractivity contribution < 1.29 is 14.3 Å². The molecule has 0 saturated carbocycles. The number of piperidine rings is 1. The van der Waals surface area contributed by atoms with Crippen LogP contribution >= 0.6 is 11.8 Å². The molecule has 5 nitrogen and oxygen atoms in total. The number of rotatable bonds is 4. The largest absolute Gasteiger partial charge is 0.490 e. The van der Waals surface area contributed by atoms with E-state index < -0.39 is 0 Å². The Hall–Kier alpha value is -1.69. The molecule has 0 radical (unpaired) electrons. The number of carbonyl (C=O) groups is 2. The van der Waals surface area contributed by atoms with Crippen LogP contribution in [-0.4, -0.2) is 59.0 Å². The molecular formula is C18H24N2O3S. The van der Waals surface area contributed by atoms with Crippen molar-refractivity contribution in [3.8, 4) is 5.75 Å². The minimum Gasteiger partial charge on any atom is -0.490 e. The van der Waals surface area contributed by atoms with E-state index in [9.17, 15) is 9.59 Å². The maximum absolute atomic E-state index is 12.4. The molecule has 2 saturated heterocycles. The molecule has 0 aliphatic carbocycles. The number of hydrogen-bond acceptors (Lipinski definition) is 4. The van der Waals surface area contributed by atoms with Gasteiger partial charge in [0.15, 0.2) is 0 Å². The first-order chi connectivity index (χ1) is 11.5. The Kier molecular flexibility index (Phi) is 5.33. The van der Waals surface area contributed by atoms with Gasteiger partial charge in [-0.1, -0.05) is 18.2 Å². The second-order valence-electron chi connectivity index (χ2n) is 6.49. The Balaban J connectivity index is 1.50. The molecule has 0 unspecified atom stereocenters. The zero-order chi connectivity index (χ0) is 17.1. The molecule has 0 spiro atoms. The highest BCUT2D eigenvalue weighted by atomic mass is 32.2. The summed E-state index contributed by atoms with van der Waals surface area (Å²) in [5.41, 5.74) is 2.30. The zero-order valence-corrected chi connectivity index (χ0v) is 15.1. The predicted octanol–water partition coefficient (Wildman–Crippen LogP) is 2.21. The lowest BCUT2D eigenvalue weighted by atomic mass is 10.1. The van der Waals surface area contributed by atoms with Crippen LogP contribution in [-0.2, 0) is 9.59 Å². The van der Waals surface area contributed by atoms with E-state index in [4.69, 9.17) is 4.74 Å². The Morgan fingerprint density at radius 2 is 1.92 bits per heavy atom. The quantitative estimate of drug-likeness (QED) is 0.837. The smallest absolute Gasteiger partial charge is 0.242 e. The van der Waals surface area contributed by atoms with E-state index in [2.05, 4.69) is 26.0 Å². The molecule has 0 aromatic heterocycles. The summed E-state index contributed by atoms with van der Waals surface area (Å²) in [6.07, 6.45) is 1.82. The van der Waals surface area contributed by atoms with Crippen molar-refractivity contribution in [2.75, 3.05) is 31.3 Å². The van der Waals surface area contributed by atoms with Gasteiger partial charge in [0, 0.05) is 25.9 Å². The van der Waals surface area contributed by atoms with Crippen LogP contribution in [0.15, 0.2) is 18.2 Å². The third-order valence-corrected chi connectivity index (χ3v) is 5.58. The van der Waals surface area contributed by atoms with Crippen LogP contribution in [0.5, 0.6) is 5.75 Å². The number of aryl methyl sites for hydroxylation is 2. The monoisotopic (exact) mass is 348 g/mol. The molecule has 0 atom stereocenters. The van der Waals surface area contributed by atoms with Gasteiger partial charge in [0.25, 0.3) is 0 Å². The maximum atomic E-state index is 12.4. The van der Waals surface area contributed by atoms with Crippen molar-refractivity contribution in [1.29, 1.82) is 0 Å². The average molecular weight is 348 g/mol. The fourth-order valence-electron chi connectivity index (χ4n) is 3.18. The normalized spacial score (nSPS) is 19.0. The second-order valence-corrected chi connectivity index (χ2v) is 7.44. The van der Waals surface area contributed by atoms with Gasteiger partial charge in [-0.15, -0.1) is 11.8 Å². The number of thioether (sulfide) groups is 1. The van der Waals surface area contributed by atoms with Crippen molar-refractivity contribution in [3.05, 3.63) is 29.3 Å². The van der Waals surface area contributed by atoms with Gasteiger partial charge < -0.3 is 14.5 Å². The molecule has 1 aromatic rings. The third kappa shape index (κ3) is 3.86. The van der Waals surface area contributed by atoms with Gasteiger partial charge in [-0.25, -0.2) is 0 Å². The van der Waals surface area contributed by atoms with Gasteiger partial charge in [-0.2, -0.15) is 0 Å². The molecule has 0 bridgehead atoms. The Morgan fingerprint density at radius 3 is 2.50 bits per heavy atom. The number of para-hydroxylation sites is 1. The molecule has 1 aromatic carbocycles. The molecule has 24 heavy (non-hydrogen) atoms. The summed E-state index contributed by atoms with van der Waals surface area (Å²) in [6, 6.07) is 6.16. The van der Waals surface area contributed by atoms with Gasteiger partial charge in [0.1, 0.15) is 18.4 Å². The Labute approximate surface area is 147 Å². The molecular weight excluding hydrogens is 324 g/mol. The molecule has 130 valence electrons.